The Bertz CT molecular complexity index is 389. The highest BCUT2D eigenvalue weighted by Crippen LogP contribution is 2.17. The summed E-state index contributed by atoms with van der Waals surface area (Å²) in [5, 5.41) is 3.15. The summed E-state index contributed by atoms with van der Waals surface area (Å²) in [6, 6.07) is 2.19. The standard InChI is InChI=1S/C16H29N3O2/c1-5-20-9-7-19(8-10-21-6-2)16-14(3)11-15(12-17-4)13-18-16/h11,13,17H,5-10,12H2,1-4H3. The first-order valence-corrected chi connectivity index (χ1v) is 7.73. The van der Waals surface area contributed by atoms with Gasteiger partial charge in [0.1, 0.15) is 5.82 Å². The van der Waals surface area contributed by atoms with E-state index in [1.807, 2.05) is 27.1 Å². The maximum Gasteiger partial charge on any atom is 0.131 e. The van der Waals surface area contributed by atoms with Gasteiger partial charge >= 0.3 is 0 Å². The van der Waals surface area contributed by atoms with Crippen LogP contribution in [0.1, 0.15) is 25.0 Å². The molecule has 0 aliphatic carbocycles. The zero-order chi connectivity index (χ0) is 15.5. The largest absolute Gasteiger partial charge is 0.380 e. The van der Waals surface area contributed by atoms with Gasteiger partial charge in [-0.1, -0.05) is 0 Å². The van der Waals surface area contributed by atoms with E-state index in [9.17, 15) is 0 Å². The summed E-state index contributed by atoms with van der Waals surface area (Å²) in [6.45, 7) is 11.5. The quantitative estimate of drug-likeness (QED) is 0.633. The fourth-order valence-electron chi connectivity index (χ4n) is 2.22. The van der Waals surface area contributed by atoms with Crippen LogP contribution in [-0.4, -0.2) is 51.5 Å². The van der Waals surface area contributed by atoms with Crippen LogP contribution in [0.25, 0.3) is 0 Å². The fraction of sp³-hybridized carbons (Fsp3) is 0.688. The summed E-state index contributed by atoms with van der Waals surface area (Å²) in [7, 11) is 1.94. The van der Waals surface area contributed by atoms with Crippen molar-refractivity contribution >= 4 is 5.82 Å². The highest BCUT2D eigenvalue weighted by molar-refractivity contribution is 5.47. The second-order valence-corrected chi connectivity index (χ2v) is 4.90. The summed E-state index contributed by atoms with van der Waals surface area (Å²) in [5.41, 5.74) is 2.39. The molecule has 5 heteroatoms. The Morgan fingerprint density at radius 3 is 2.24 bits per heavy atom. The molecule has 0 aliphatic heterocycles. The summed E-state index contributed by atoms with van der Waals surface area (Å²) < 4.78 is 10.9. The summed E-state index contributed by atoms with van der Waals surface area (Å²) in [4.78, 5) is 6.87. The van der Waals surface area contributed by atoms with Gasteiger partial charge in [0.05, 0.1) is 13.2 Å². The Morgan fingerprint density at radius 2 is 1.76 bits per heavy atom. The topological polar surface area (TPSA) is 46.6 Å². The predicted molar refractivity (Wildman–Crippen MR) is 86.9 cm³/mol. The predicted octanol–water partition coefficient (Wildman–Crippen LogP) is 1.99. The van der Waals surface area contributed by atoms with Gasteiger partial charge in [0.25, 0.3) is 0 Å². The molecule has 0 fully saturated rings. The Balaban J connectivity index is 2.74. The molecule has 5 nitrogen and oxygen atoms in total. The Hall–Kier alpha value is -1.17. The van der Waals surface area contributed by atoms with Crippen LogP contribution in [0.15, 0.2) is 12.3 Å². The maximum atomic E-state index is 5.47. The normalized spacial score (nSPS) is 10.9. The fourth-order valence-corrected chi connectivity index (χ4v) is 2.22. The molecule has 0 saturated carbocycles. The van der Waals surface area contributed by atoms with E-state index >= 15 is 0 Å². The number of aryl methyl sites for hydroxylation is 1. The number of hydrogen-bond acceptors (Lipinski definition) is 5. The van der Waals surface area contributed by atoms with E-state index in [1.165, 1.54) is 11.1 Å². The van der Waals surface area contributed by atoms with E-state index in [4.69, 9.17) is 9.47 Å². The number of anilines is 1. The minimum atomic E-state index is 0.710. The van der Waals surface area contributed by atoms with Gasteiger partial charge in [-0.15, -0.1) is 0 Å². The van der Waals surface area contributed by atoms with Crippen molar-refractivity contribution in [1.29, 1.82) is 0 Å². The van der Waals surface area contributed by atoms with E-state index in [0.717, 1.165) is 38.7 Å². The average molecular weight is 295 g/mol. The lowest BCUT2D eigenvalue weighted by Crippen LogP contribution is -2.32. The maximum absolute atomic E-state index is 5.47. The molecular formula is C16H29N3O2. The second kappa shape index (κ2) is 10.5. The second-order valence-electron chi connectivity index (χ2n) is 4.90. The van der Waals surface area contributed by atoms with Crippen LogP contribution in [0.4, 0.5) is 5.82 Å². The monoisotopic (exact) mass is 295 g/mol. The SMILES string of the molecule is CCOCCN(CCOCC)c1ncc(CNC)cc1C. The molecule has 1 heterocycles. The lowest BCUT2D eigenvalue weighted by atomic mass is 10.2. The van der Waals surface area contributed by atoms with E-state index in [-0.39, 0.29) is 0 Å². The van der Waals surface area contributed by atoms with Gasteiger partial charge in [-0.25, -0.2) is 4.98 Å². The minimum absolute atomic E-state index is 0.710. The molecule has 0 radical (unpaired) electrons. The van der Waals surface area contributed by atoms with E-state index < -0.39 is 0 Å². The zero-order valence-corrected chi connectivity index (χ0v) is 13.8. The highest BCUT2D eigenvalue weighted by atomic mass is 16.5. The van der Waals surface area contributed by atoms with Gasteiger partial charge in [-0.05, 0) is 45.0 Å². The Morgan fingerprint density at radius 1 is 1.14 bits per heavy atom. The van der Waals surface area contributed by atoms with Crippen LogP contribution >= 0.6 is 0 Å². The highest BCUT2D eigenvalue weighted by Gasteiger charge is 2.11. The van der Waals surface area contributed by atoms with Crippen LogP contribution in [0.3, 0.4) is 0 Å². The minimum Gasteiger partial charge on any atom is -0.380 e. The molecule has 1 aromatic rings. The lowest BCUT2D eigenvalue weighted by Gasteiger charge is -2.25. The molecule has 0 atom stereocenters. The van der Waals surface area contributed by atoms with Crippen molar-refractivity contribution in [3.05, 3.63) is 23.4 Å². The summed E-state index contributed by atoms with van der Waals surface area (Å²) in [6.07, 6.45) is 1.94. The van der Waals surface area contributed by atoms with Gasteiger partial charge in [0.15, 0.2) is 0 Å². The molecular weight excluding hydrogens is 266 g/mol. The molecule has 0 amide bonds. The molecule has 0 saturated heterocycles. The smallest absolute Gasteiger partial charge is 0.131 e. The summed E-state index contributed by atoms with van der Waals surface area (Å²) >= 11 is 0. The first-order valence-electron chi connectivity index (χ1n) is 7.73. The third-order valence-corrected chi connectivity index (χ3v) is 3.21. The molecule has 21 heavy (non-hydrogen) atoms. The third kappa shape index (κ3) is 6.42. The van der Waals surface area contributed by atoms with Crippen LogP contribution in [0.5, 0.6) is 0 Å². The van der Waals surface area contributed by atoms with Crippen molar-refractivity contribution in [2.45, 2.75) is 27.3 Å². The van der Waals surface area contributed by atoms with Gasteiger partial charge < -0.3 is 19.7 Å². The van der Waals surface area contributed by atoms with Crippen molar-refractivity contribution in [1.82, 2.24) is 10.3 Å². The molecule has 120 valence electrons. The van der Waals surface area contributed by atoms with Crippen molar-refractivity contribution in [2.75, 3.05) is 51.5 Å². The van der Waals surface area contributed by atoms with Crippen molar-refractivity contribution in [3.8, 4) is 0 Å². The number of rotatable bonds is 11. The van der Waals surface area contributed by atoms with E-state index in [0.29, 0.717) is 13.2 Å². The van der Waals surface area contributed by atoms with E-state index in [1.54, 1.807) is 0 Å². The number of pyridine rings is 1. The van der Waals surface area contributed by atoms with Crippen molar-refractivity contribution in [3.63, 3.8) is 0 Å². The van der Waals surface area contributed by atoms with Crippen molar-refractivity contribution < 1.29 is 9.47 Å². The van der Waals surface area contributed by atoms with Crippen LogP contribution in [0, 0.1) is 6.92 Å². The van der Waals surface area contributed by atoms with Crippen LogP contribution < -0.4 is 10.2 Å². The molecule has 0 bridgehead atoms. The van der Waals surface area contributed by atoms with Crippen LogP contribution in [-0.2, 0) is 16.0 Å². The van der Waals surface area contributed by atoms with Crippen molar-refractivity contribution in [2.24, 2.45) is 0 Å². The summed E-state index contributed by atoms with van der Waals surface area (Å²) in [5.74, 6) is 1.02. The van der Waals surface area contributed by atoms with Gasteiger partial charge in [-0.2, -0.15) is 0 Å². The molecule has 1 N–H and O–H groups in total. The Labute approximate surface area is 128 Å². The number of nitrogens with zero attached hydrogens (tertiary/aromatic N) is 2. The van der Waals surface area contributed by atoms with Crippen LogP contribution in [0.2, 0.25) is 0 Å². The van der Waals surface area contributed by atoms with Gasteiger partial charge in [-0.3, -0.25) is 0 Å². The molecule has 0 unspecified atom stereocenters. The first kappa shape index (κ1) is 17.9. The number of nitrogens with one attached hydrogen (secondary N) is 1. The average Bonchev–Trinajstić information content (AvgIpc) is 2.47. The first-order chi connectivity index (χ1) is 10.2. The van der Waals surface area contributed by atoms with E-state index in [2.05, 4.69) is 28.2 Å². The van der Waals surface area contributed by atoms with Gasteiger partial charge in [0.2, 0.25) is 0 Å². The van der Waals surface area contributed by atoms with Gasteiger partial charge in [0, 0.05) is 39.0 Å². The third-order valence-electron chi connectivity index (χ3n) is 3.21. The number of hydrogen-bond donors (Lipinski definition) is 1. The molecule has 0 aliphatic rings. The number of ether oxygens (including phenoxy) is 2. The number of aromatic nitrogens is 1. The molecule has 1 aromatic heterocycles. The molecule has 0 aromatic carbocycles. The Kier molecular flexibility index (Phi) is 8.98. The molecule has 0 spiro atoms. The zero-order valence-electron chi connectivity index (χ0n) is 13.8. The molecule has 1 rings (SSSR count). The lowest BCUT2D eigenvalue weighted by molar-refractivity contribution is 0.141.